The Hall–Kier alpha value is -0.850. The van der Waals surface area contributed by atoms with Gasteiger partial charge in [-0.05, 0) is 46.7 Å². The Kier molecular flexibility index (Phi) is 8.64. The normalized spacial score (nSPS) is 18.7. The summed E-state index contributed by atoms with van der Waals surface area (Å²) in [7, 11) is 4.19. The summed E-state index contributed by atoms with van der Waals surface area (Å²) < 4.78 is 0. The smallest absolute Gasteiger partial charge is 0.315 e. The van der Waals surface area contributed by atoms with E-state index in [1.54, 1.807) is 0 Å². The molecule has 0 aromatic carbocycles. The molecule has 0 aromatic heterocycles. The SMILES string of the molecule is CC(CCCO)NC(=O)NC1CCN(CCN(C)C)CC1. The molecule has 21 heavy (non-hydrogen) atoms. The Morgan fingerprint density at radius 2 is 2.05 bits per heavy atom. The van der Waals surface area contributed by atoms with Gasteiger partial charge in [0.15, 0.2) is 0 Å². The van der Waals surface area contributed by atoms with E-state index in [1.165, 1.54) is 0 Å². The van der Waals surface area contributed by atoms with Gasteiger partial charge in [0.2, 0.25) is 0 Å². The summed E-state index contributed by atoms with van der Waals surface area (Å²) in [6.45, 7) is 6.45. The largest absolute Gasteiger partial charge is 0.396 e. The number of nitrogens with zero attached hydrogens (tertiary/aromatic N) is 2. The molecule has 1 aliphatic rings. The monoisotopic (exact) mass is 300 g/mol. The van der Waals surface area contributed by atoms with Crippen molar-refractivity contribution in [2.45, 2.75) is 44.7 Å². The molecule has 1 saturated heterocycles. The standard InChI is InChI=1S/C15H32N4O2/c1-13(5-4-12-20)16-15(21)17-14-6-8-19(9-7-14)11-10-18(2)3/h13-14,20H,4-12H2,1-3H3,(H2,16,17,21). The Morgan fingerprint density at radius 3 is 2.62 bits per heavy atom. The van der Waals surface area contributed by atoms with Gasteiger partial charge < -0.3 is 25.5 Å². The number of likely N-dealkylation sites (tertiary alicyclic amines) is 1. The summed E-state index contributed by atoms with van der Waals surface area (Å²) in [5.41, 5.74) is 0. The lowest BCUT2D eigenvalue weighted by molar-refractivity contribution is 0.179. The van der Waals surface area contributed by atoms with Crippen molar-refractivity contribution in [1.82, 2.24) is 20.4 Å². The molecule has 0 saturated carbocycles. The van der Waals surface area contributed by atoms with Crippen molar-refractivity contribution in [2.75, 3.05) is 46.9 Å². The van der Waals surface area contributed by atoms with E-state index in [0.717, 1.165) is 51.9 Å². The third-order valence-corrected chi connectivity index (χ3v) is 3.96. The van der Waals surface area contributed by atoms with E-state index in [2.05, 4.69) is 34.5 Å². The van der Waals surface area contributed by atoms with Crippen LogP contribution in [-0.4, -0.2) is 79.9 Å². The van der Waals surface area contributed by atoms with Crippen LogP contribution < -0.4 is 10.6 Å². The van der Waals surface area contributed by atoms with Gasteiger partial charge in [-0.15, -0.1) is 0 Å². The molecule has 0 aromatic rings. The minimum atomic E-state index is -0.0767. The Balaban J connectivity index is 2.15. The number of rotatable bonds is 8. The van der Waals surface area contributed by atoms with Crippen LogP contribution in [0.25, 0.3) is 0 Å². The number of aliphatic hydroxyl groups excluding tert-OH is 1. The fourth-order valence-corrected chi connectivity index (χ4v) is 2.56. The second kappa shape index (κ2) is 9.97. The maximum atomic E-state index is 11.9. The average Bonchev–Trinajstić information content (AvgIpc) is 2.44. The second-order valence-electron chi connectivity index (χ2n) is 6.30. The molecule has 0 bridgehead atoms. The molecule has 124 valence electrons. The third kappa shape index (κ3) is 8.24. The molecule has 0 aliphatic carbocycles. The molecule has 1 aliphatic heterocycles. The highest BCUT2D eigenvalue weighted by molar-refractivity contribution is 5.74. The number of carbonyl (C=O) groups is 1. The molecule has 6 nitrogen and oxygen atoms in total. The number of urea groups is 1. The quantitative estimate of drug-likeness (QED) is 0.610. The van der Waals surface area contributed by atoms with Gasteiger partial charge in [0, 0.05) is 44.9 Å². The maximum Gasteiger partial charge on any atom is 0.315 e. The number of likely N-dealkylation sites (N-methyl/N-ethyl adjacent to an activating group) is 1. The van der Waals surface area contributed by atoms with E-state index in [-0.39, 0.29) is 24.7 Å². The number of aliphatic hydroxyl groups is 1. The molecule has 1 heterocycles. The Morgan fingerprint density at radius 1 is 1.38 bits per heavy atom. The van der Waals surface area contributed by atoms with Crippen LogP contribution in [0.15, 0.2) is 0 Å². The van der Waals surface area contributed by atoms with Crippen molar-refractivity contribution in [2.24, 2.45) is 0 Å². The van der Waals surface area contributed by atoms with Gasteiger partial charge in [-0.3, -0.25) is 0 Å². The first-order valence-electron chi connectivity index (χ1n) is 8.06. The number of carbonyl (C=O) groups excluding carboxylic acids is 1. The summed E-state index contributed by atoms with van der Waals surface area (Å²) >= 11 is 0. The van der Waals surface area contributed by atoms with Gasteiger partial charge in [-0.1, -0.05) is 0 Å². The molecular weight excluding hydrogens is 268 g/mol. The van der Waals surface area contributed by atoms with Crippen LogP contribution in [0.4, 0.5) is 4.79 Å². The second-order valence-corrected chi connectivity index (χ2v) is 6.30. The number of amides is 2. The first kappa shape index (κ1) is 18.2. The summed E-state index contributed by atoms with van der Waals surface area (Å²) in [6.07, 6.45) is 3.58. The van der Waals surface area contributed by atoms with Gasteiger partial charge >= 0.3 is 6.03 Å². The minimum absolute atomic E-state index is 0.0767. The summed E-state index contributed by atoms with van der Waals surface area (Å²) in [5.74, 6) is 0. The van der Waals surface area contributed by atoms with Crippen molar-refractivity contribution in [1.29, 1.82) is 0 Å². The Bertz CT molecular complexity index is 291. The topological polar surface area (TPSA) is 67.8 Å². The lowest BCUT2D eigenvalue weighted by Crippen LogP contribution is -2.50. The maximum absolute atomic E-state index is 11.9. The highest BCUT2D eigenvalue weighted by atomic mass is 16.3. The zero-order chi connectivity index (χ0) is 15.7. The van der Waals surface area contributed by atoms with E-state index in [0.29, 0.717) is 0 Å². The van der Waals surface area contributed by atoms with Crippen LogP contribution >= 0.6 is 0 Å². The number of hydrogen-bond donors (Lipinski definition) is 3. The number of nitrogens with one attached hydrogen (secondary N) is 2. The van der Waals surface area contributed by atoms with Crippen LogP contribution in [0, 0.1) is 0 Å². The molecule has 1 fully saturated rings. The van der Waals surface area contributed by atoms with Gasteiger partial charge in [0.25, 0.3) is 0 Å². The lowest BCUT2D eigenvalue weighted by atomic mass is 10.1. The van der Waals surface area contributed by atoms with Gasteiger partial charge in [-0.25, -0.2) is 4.79 Å². The van der Waals surface area contributed by atoms with Crippen molar-refractivity contribution < 1.29 is 9.90 Å². The number of piperidine rings is 1. The van der Waals surface area contributed by atoms with E-state index < -0.39 is 0 Å². The Labute approximate surface area is 128 Å². The predicted octanol–water partition coefficient (Wildman–Crippen LogP) is 0.473. The van der Waals surface area contributed by atoms with Crippen molar-refractivity contribution >= 4 is 6.03 Å². The zero-order valence-corrected chi connectivity index (χ0v) is 13.8. The van der Waals surface area contributed by atoms with E-state index in [4.69, 9.17) is 5.11 Å². The summed E-state index contributed by atoms with van der Waals surface area (Å²) in [6, 6.07) is 0.315. The van der Waals surface area contributed by atoms with Crippen LogP contribution in [0.5, 0.6) is 0 Å². The summed E-state index contributed by atoms with van der Waals surface area (Å²) in [4.78, 5) is 16.5. The van der Waals surface area contributed by atoms with Crippen LogP contribution in [0.3, 0.4) is 0 Å². The fraction of sp³-hybridized carbons (Fsp3) is 0.933. The first-order chi connectivity index (χ1) is 10.0. The fourth-order valence-electron chi connectivity index (χ4n) is 2.56. The van der Waals surface area contributed by atoms with Crippen molar-refractivity contribution in [3.05, 3.63) is 0 Å². The van der Waals surface area contributed by atoms with E-state index in [1.807, 2.05) is 6.92 Å². The minimum Gasteiger partial charge on any atom is -0.396 e. The van der Waals surface area contributed by atoms with Crippen molar-refractivity contribution in [3.63, 3.8) is 0 Å². The highest BCUT2D eigenvalue weighted by Gasteiger charge is 2.20. The van der Waals surface area contributed by atoms with Crippen LogP contribution in [-0.2, 0) is 0 Å². The molecule has 3 N–H and O–H groups in total. The van der Waals surface area contributed by atoms with Crippen LogP contribution in [0.1, 0.15) is 32.6 Å². The van der Waals surface area contributed by atoms with E-state index in [9.17, 15) is 4.79 Å². The van der Waals surface area contributed by atoms with Crippen molar-refractivity contribution in [3.8, 4) is 0 Å². The average molecular weight is 300 g/mol. The summed E-state index contributed by atoms with van der Waals surface area (Å²) in [5, 5.41) is 14.8. The first-order valence-corrected chi connectivity index (χ1v) is 8.06. The lowest BCUT2D eigenvalue weighted by Gasteiger charge is -2.33. The van der Waals surface area contributed by atoms with E-state index >= 15 is 0 Å². The molecule has 6 heteroatoms. The highest BCUT2D eigenvalue weighted by Crippen LogP contribution is 2.10. The molecule has 1 rings (SSSR count). The van der Waals surface area contributed by atoms with Gasteiger partial charge in [0.05, 0.1) is 0 Å². The number of hydrogen-bond acceptors (Lipinski definition) is 4. The van der Waals surface area contributed by atoms with Gasteiger partial charge in [-0.2, -0.15) is 0 Å². The molecule has 2 amide bonds. The third-order valence-electron chi connectivity index (χ3n) is 3.96. The molecule has 0 spiro atoms. The van der Waals surface area contributed by atoms with Gasteiger partial charge in [0.1, 0.15) is 0 Å². The predicted molar refractivity (Wildman–Crippen MR) is 85.5 cm³/mol. The molecular formula is C15H32N4O2. The molecule has 1 atom stereocenters. The molecule has 1 unspecified atom stereocenters. The zero-order valence-electron chi connectivity index (χ0n) is 13.8. The molecule has 0 radical (unpaired) electrons. The van der Waals surface area contributed by atoms with Crippen LogP contribution in [0.2, 0.25) is 0 Å².